The zero-order valence-electron chi connectivity index (χ0n) is 14.6. The molecule has 0 fully saturated rings. The first-order valence-corrected chi connectivity index (χ1v) is 9.71. The minimum absolute atomic E-state index is 0.0489. The fraction of sp³-hybridized carbons (Fsp3) is 0.211. The molecule has 27 heavy (non-hydrogen) atoms. The number of nitrogens with one attached hydrogen (secondary N) is 1. The molecule has 0 spiro atoms. The van der Waals surface area contributed by atoms with Gasteiger partial charge in [0, 0.05) is 9.92 Å². The molecule has 0 aliphatic carbocycles. The molecule has 0 unspecified atom stereocenters. The van der Waals surface area contributed by atoms with Crippen LogP contribution in [0, 0.1) is 0 Å². The Morgan fingerprint density at radius 3 is 2.59 bits per heavy atom. The fourth-order valence-corrected chi connectivity index (χ4v) is 3.04. The Labute approximate surface area is 166 Å². The van der Waals surface area contributed by atoms with E-state index in [0.29, 0.717) is 23.1 Å². The van der Waals surface area contributed by atoms with Crippen molar-refractivity contribution in [2.24, 2.45) is 0 Å². The highest BCUT2D eigenvalue weighted by Crippen LogP contribution is 2.19. The molecule has 0 saturated heterocycles. The summed E-state index contributed by atoms with van der Waals surface area (Å²) in [5.74, 6) is 1.62. The number of thioether (sulfide) groups is 1. The van der Waals surface area contributed by atoms with Crippen LogP contribution in [0.15, 0.2) is 57.8 Å². The van der Waals surface area contributed by atoms with Crippen LogP contribution < -0.4 is 10.1 Å². The normalized spacial score (nSPS) is 10.6. The summed E-state index contributed by atoms with van der Waals surface area (Å²) >= 11 is 7.59. The fourth-order valence-electron chi connectivity index (χ4n) is 2.26. The van der Waals surface area contributed by atoms with E-state index in [0.717, 1.165) is 11.3 Å². The van der Waals surface area contributed by atoms with E-state index in [9.17, 15) is 4.79 Å². The van der Waals surface area contributed by atoms with Crippen LogP contribution in [-0.2, 0) is 11.2 Å². The van der Waals surface area contributed by atoms with Crippen molar-refractivity contribution in [3.8, 4) is 5.75 Å². The molecular weight excluding hydrogens is 386 g/mol. The van der Waals surface area contributed by atoms with E-state index in [1.807, 2.05) is 12.1 Å². The SMILES string of the molecule is CCSc1ccc(Cc2nnc(NC(=O)COc3ccc(Cl)cc3)o2)cc1. The topological polar surface area (TPSA) is 77.2 Å². The smallest absolute Gasteiger partial charge is 0.322 e. The number of hydrogen-bond donors (Lipinski definition) is 1. The number of rotatable bonds is 8. The van der Waals surface area contributed by atoms with Gasteiger partial charge in [0.2, 0.25) is 5.89 Å². The minimum atomic E-state index is -0.388. The molecule has 1 N–H and O–H groups in total. The van der Waals surface area contributed by atoms with Crippen molar-refractivity contribution in [2.75, 3.05) is 17.7 Å². The maximum absolute atomic E-state index is 11.9. The van der Waals surface area contributed by atoms with Gasteiger partial charge < -0.3 is 9.15 Å². The van der Waals surface area contributed by atoms with Gasteiger partial charge in [-0.05, 0) is 47.7 Å². The van der Waals surface area contributed by atoms with Crippen LogP contribution in [0.3, 0.4) is 0 Å². The Hall–Kier alpha value is -2.51. The average molecular weight is 404 g/mol. The minimum Gasteiger partial charge on any atom is -0.484 e. The molecule has 8 heteroatoms. The Morgan fingerprint density at radius 2 is 1.89 bits per heavy atom. The van der Waals surface area contributed by atoms with Crippen molar-refractivity contribution in [1.29, 1.82) is 0 Å². The maximum Gasteiger partial charge on any atom is 0.322 e. The second kappa shape index (κ2) is 9.43. The lowest BCUT2D eigenvalue weighted by Crippen LogP contribution is -2.20. The summed E-state index contributed by atoms with van der Waals surface area (Å²) in [6, 6.07) is 15.0. The molecule has 3 rings (SSSR count). The molecule has 0 aliphatic rings. The number of anilines is 1. The number of benzene rings is 2. The van der Waals surface area contributed by atoms with Gasteiger partial charge in [-0.1, -0.05) is 35.8 Å². The van der Waals surface area contributed by atoms with Crippen LogP contribution in [-0.4, -0.2) is 28.5 Å². The first-order valence-electron chi connectivity index (χ1n) is 8.34. The van der Waals surface area contributed by atoms with Crippen molar-refractivity contribution >= 4 is 35.3 Å². The van der Waals surface area contributed by atoms with Gasteiger partial charge >= 0.3 is 6.01 Å². The van der Waals surface area contributed by atoms with Crippen LogP contribution in [0.2, 0.25) is 5.02 Å². The van der Waals surface area contributed by atoms with Crippen molar-refractivity contribution in [3.05, 3.63) is 65.0 Å². The number of carbonyl (C=O) groups excluding carboxylic acids is 1. The molecule has 0 atom stereocenters. The van der Waals surface area contributed by atoms with E-state index in [4.69, 9.17) is 20.8 Å². The number of ether oxygens (including phenoxy) is 1. The summed E-state index contributed by atoms with van der Waals surface area (Å²) in [5, 5.41) is 10.9. The van der Waals surface area contributed by atoms with Gasteiger partial charge in [0.05, 0.1) is 6.42 Å². The van der Waals surface area contributed by atoms with Crippen LogP contribution >= 0.6 is 23.4 Å². The molecule has 0 aliphatic heterocycles. The highest BCUT2D eigenvalue weighted by molar-refractivity contribution is 7.99. The average Bonchev–Trinajstić information content (AvgIpc) is 3.10. The molecule has 3 aromatic rings. The zero-order valence-corrected chi connectivity index (χ0v) is 16.2. The van der Waals surface area contributed by atoms with Gasteiger partial charge in [0.1, 0.15) is 5.75 Å². The number of halogens is 1. The molecule has 6 nitrogen and oxygen atoms in total. The third-order valence-corrected chi connectivity index (χ3v) is 4.63. The second-order valence-electron chi connectivity index (χ2n) is 5.55. The molecule has 0 bridgehead atoms. The summed E-state index contributed by atoms with van der Waals surface area (Å²) < 4.78 is 10.8. The first-order chi connectivity index (χ1) is 13.1. The lowest BCUT2D eigenvalue weighted by Gasteiger charge is -2.05. The number of amides is 1. The summed E-state index contributed by atoms with van der Waals surface area (Å²) in [6.45, 7) is 1.95. The van der Waals surface area contributed by atoms with Crippen LogP contribution in [0.4, 0.5) is 6.01 Å². The molecule has 140 valence electrons. The predicted octanol–water partition coefficient (Wildman–Crippen LogP) is 4.44. The summed E-state index contributed by atoms with van der Waals surface area (Å²) in [4.78, 5) is 13.1. The van der Waals surface area contributed by atoms with Gasteiger partial charge in [-0.2, -0.15) is 0 Å². The highest BCUT2D eigenvalue weighted by atomic mass is 35.5. The molecule has 0 radical (unpaired) electrons. The van der Waals surface area contributed by atoms with Gasteiger partial charge in [-0.15, -0.1) is 16.9 Å². The quantitative estimate of drug-likeness (QED) is 0.560. The van der Waals surface area contributed by atoms with Gasteiger partial charge in [0.25, 0.3) is 5.91 Å². The lowest BCUT2D eigenvalue weighted by atomic mass is 10.1. The standard InChI is InChI=1S/C19H18ClN3O3S/c1-2-27-16-9-3-13(4-10-16)11-18-22-23-19(26-18)21-17(24)12-25-15-7-5-14(20)6-8-15/h3-10H,2,11-12H2,1H3,(H,21,23,24). The molecular formula is C19H18ClN3O3S. The van der Waals surface area contributed by atoms with Crippen LogP contribution in [0.5, 0.6) is 5.75 Å². The van der Waals surface area contributed by atoms with Crippen molar-refractivity contribution < 1.29 is 13.9 Å². The van der Waals surface area contributed by atoms with E-state index in [-0.39, 0.29) is 18.5 Å². The third-order valence-electron chi connectivity index (χ3n) is 3.49. The predicted molar refractivity (Wildman–Crippen MR) is 106 cm³/mol. The Morgan fingerprint density at radius 1 is 1.15 bits per heavy atom. The largest absolute Gasteiger partial charge is 0.484 e. The summed E-state index contributed by atoms with van der Waals surface area (Å²) in [6.07, 6.45) is 0.501. The van der Waals surface area contributed by atoms with Crippen molar-refractivity contribution in [3.63, 3.8) is 0 Å². The Kier molecular flexibility index (Phi) is 6.73. The molecule has 1 amide bonds. The second-order valence-corrected chi connectivity index (χ2v) is 7.32. The number of hydrogen-bond acceptors (Lipinski definition) is 6. The molecule has 2 aromatic carbocycles. The van der Waals surface area contributed by atoms with Gasteiger partial charge in [-0.25, -0.2) is 0 Å². The summed E-state index contributed by atoms with van der Waals surface area (Å²) in [5.41, 5.74) is 1.06. The molecule has 0 saturated carbocycles. The van der Waals surface area contributed by atoms with Crippen molar-refractivity contribution in [2.45, 2.75) is 18.2 Å². The maximum atomic E-state index is 11.9. The Balaban J connectivity index is 1.49. The molecule has 1 aromatic heterocycles. The number of aromatic nitrogens is 2. The van der Waals surface area contributed by atoms with Gasteiger partial charge in [-0.3, -0.25) is 10.1 Å². The van der Waals surface area contributed by atoms with E-state index in [1.165, 1.54) is 4.90 Å². The highest BCUT2D eigenvalue weighted by Gasteiger charge is 2.11. The lowest BCUT2D eigenvalue weighted by molar-refractivity contribution is -0.118. The van der Waals surface area contributed by atoms with Crippen molar-refractivity contribution in [1.82, 2.24) is 10.2 Å². The summed E-state index contributed by atoms with van der Waals surface area (Å²) in [7, 11) is 0. The van der Waals surface area contributed by atoms with E-state index in [1.54, 1.807) is 36.0 Å². The van der Waals surface area contributed by atoms with Gasteiger partial charge in [0.15, 0.2) is 6.61 Å². The number of nitrogens with zero attached hydrogens (tertiary/aromatic N) is 2. The monoisotopic (exact) mass is 403 g/mol. The van der Waals surface area contributed by atoms with Crippen LogP contribution in [0.1, 0.15) is 18.4 Å². The van der Waals surface area contributed by atoms with Crippen LogP contribution in [0.25, 0.3) is 0 Å². The van der Waals surface area contributed by atoms with E-state index >= 15 is 0 Å². The molecule has 1 heterocycles. The Bertz CT molecular complexity index is 882. The van der Waals surface area contributed by atoms with E-state index in [2.05, 4.69) is 34.6 Å². The van der Waals surface area contributed by atoms with E-state index < -0.39 is 0 Å². The zero-order chi connectivity index (χ0) is 19.1. The third kappa shape index (κ3) is 6.01. The first kappa shape index (κ1) is 19.3. The number of carbonyl (C=O) groups is 1.